The average molecular weight is 258 g/mol. The molecule has 1 N–H and O–H groups in total. The molecule has 1 fully saturated rings. The largest absolute Gasteiger partial charge is 0.481 e. The summed E-state index contributed by atoms with van der Waals surface area (Å²) in [6.07, 6.45) is 0.957. The Bertz CT molecular complexity index is 283. The van der Waals surface area contributed by atoms with Crippen LogP contribution in [-0.4, -0.2) is 73.2 Å². The van der Waals surface area contributed by atoms with Crippen LogP contribution >= 0.6 is 0 Å². The first-order chi connectivity index (χ1) is 8.63. The summed E-state index contributed by atoms with van der Waals surface area (Å²) in [5.41, 5.74) is 0. The minimum atomic E-state index is -0.917. The van der Waals surface area contributed by atoms with E-state index in [9.17, 15) is 9.59 Å². The maximum atomic E-state index is 11.8. The molecular formula is C12H22N2O4. The van der Waals surface area contributed by atoms with Crippen LogP contribution in [0.5, 0.6) is 0 Å². The predicted molar refractivity (Wildman–Crippen MR) is 66.4 cm³/mol. The first-order valence-electron chi connectivity index (χ1n) is 6.34. The molecule has 1 aliphatic heterocycles. The minimum absolute atomic E-state index is 0.0500. The van der Waals surface area contributed by atoms with Crippen molar-refractivity contribution in [1.29, 1.82) is 0 Å². The molecule has 0 atom stereocenters. The van der Waals surface area contributed by atoms with E-state index in [2.05, 4.69) is 4.90 Å². The Morgan fingerprint density at radius 2 is 1.94 bits per heavy atom. The van der Waals surface area contributed by atoms with Crippen LogP contribution in [0.3, 0.4) is 0 Å². The van der Waals surface area contributed by atoms with Crippen LogP contribution in [-0.2, 0) is 14.3 Å². The molecule has 0 aliphatic carbocycles. The molecule has 0 radical (unpaired) electrons. The standard InChI is InChI=1S/C12H22N2O4/c1-18-10-9-13-5-2-6-14(8-7-13)11(15)3-4-12(16)17/h2-10H2,1H3,(H,16,17). The molecule has 6 nitrogen and oxygen atoms in total. The van der Waals surface area contributed by atoms with Crippen molar-refractivity contribution in [2.45, 2.75) is 19.3 Å². The van der Waals surface area contributed by atoms with Crippen molar-refractivity contribution < 1.29 is 19.4 Å². The number of rotatable bonds is 6. The fourth-order valence-corrected chi connectivity index (χ4v) is 2.04. The van der Waals surface area contributed by atoms with Gasteiger partial charge in [-0.3, -0.25) is 14.5 Å². The molecule has 1 saturated heterocycles. The highest BCUT2D eigenvalue weighted by atomic mass is 16.5. The van der Waals surface area contributed by atoms with Crippen LogP contribution in [0.1, 0.15) is 19.3 Å². The zero-order valence-corrected chi connectivity index (χ0v) is 10.9. The third-order valence-corrected chi connectivity index (χ3v) is 3.11. The van der Waals surface area contributed by atoms with Crippen molar-refractivity contribution in [3.05, 3.63) is 0 Å². The number of amides is 1. The number of hydrogen-bond donors (Lipinski definition) is 1. The first kappa shape index (κ1) is 14.9. The van der Waals surface area contributed by atoms with Crippen molar-refractivity contribution >= 4 is 11.9 Å². The maximum absolute atomic E-state index is 11.8. The lowest BCUT2D eigenvalue weighted by molar-refractivity contribution is -0.140. The van der Waals surface area contributed by atoms with E-state index in [1.165, 1.54) is 0 Å². The molecule has 0 unspecified atom stereocenters. The molecule has 1 amide bonds. The van der Waals surface area contributed by atoms with Crippen molar-refractivity contribution in [2.24, 2.45) is 0 Å². The average Bonchev–Trinajstić information content (AvgIpc) is 2.58. The summed E-state index contributed by atoms with van der Waals surface area (Å²) in [6.45, 7) is 4.79. The summed E-state index contributed by atoms with van der Waals surface area (Å²) >= 11 is 0. The van der Waals surface area contributed by atoms with Gasteiger partial charge in [0.1, 0.15) is 0 Å². The van der Waals surface area contributed by atoms with Gasteiger partial charge in [0.25, 0.3) is 0 Å². The van der Waals surface area contributed by atoms with Crippen molar-refractivity contribution in [2.75, 3.05) is 46.4 Å². The van der Waals surface area contributed by atoms with Gasteiger partial charge < -0.3 is 14.7 Å². The Morgan fingerprint density at radius 3 is 2.61 bits per heavy atom. The number of carboxylic acid groups (broad SMARTS) is 1. The number of aliphatic carboxylic acids is 1. The lowest BCUT2D eigenvalue weighted by Crippen LogP contribution is -2.36. The van der Waals surface area contributed by atoms with Gasteiger partial charge in [-0.25, -0.2) is 0 Å². The molecule has 18 heavy (non-hydrogen) atoms. The van der Waals surface area contributed by atoms with Gasteiger partial charge in [-0.15, -0.1) is 0 Å². The second kappa shape index (κ2) is 8.05. The SMILES string of the molecule is COCCN1CCCN(C(=O)CCC(=O)O)CC1. The Hall–Kier alpha value is -1.14. The second-order valence-electron chi connectivity index (χ2n) is 4.46. The van der Waals surface area contributed by atoms with Gasteiger partial charge in [-0.2, -0.15) is 0 Å². The first-order valence-corrected chi connectivity index (χ1v) is 6.34. The molecular weight excluding hydrogens is 236 g/mol. The monoisotopic (exact) mass is 258 g/mol. The fraction of sp³-hybridized carbons (Fsp3) is 0.833. The number of carbonyl (C=O) groups excluding carboxylic acids is 1. The maximum Gasteiger partial charge on any atom is 0.303 e. The molecule has 0 aromatic carbocycles. The van der Waals surface area contributed by atoms with E-state index >= 15 is 0 Å². The van der Waals surface area contributed by atoms with Crippen LogP contribution in [0.25, 0.3) is 0 Å². The van der Waals surface area contributed by atoms with Gasteiger partial charge in [-0.1, -0.05) is 0 Å². The summed E-state index contributed by atoms with van der Waals surface area (Å²) in [4.78, 5) is 26.3. The number of nitrogens with zero attached hydrogens (tertiary/aromatic N) is 2. The molecule has 6 heteroatoms. The quantitative estimate of drug-likeness (QED) is 0.728. The van der Waals surface area contributed by atoms with E-state index < -0.39 is 5.97 Å². The molecule has 104 valence electrons. The van der Waals surface area contributed by atoms with E-state index in [0.29, 0.717) is 13.2 Å². The third-order valence-electron chi connectivity index (χ3n) is 3.11. The summed E-state index contributed by atoms with van der Waals surface area (Å²) in [5.74, 6) is -0.967. The van der Waals surface area contributed by atoms with E-state index in [-0.39, 0.29) is 18.7 Å². The number of ether oxygens (including phenoxy) is 1. The molecule has 1 heterocycles. The molecule has 0 aromatic rings. The number of hydrogen-bond acceptors (Lipinski definition) is 4. The zero-order chi connectivity index (χ0) is 13.4. The van der Waals surface area contributed by atoms with Gasteiger partial charge >= 0.3 is 5.97 Å². The summed E-state index contributed by atoms with van der Waals surface area (Å²) in [7, 11) is 1.68. The number of carboxylic acids is 1. The van der Waals surface area contributed by atoms with Crippen LogP contribution < -0.4 is 0 Å². The molecule has 0 aromatic heterocycles. The molecule has 1 rings (SSSR count). The Morgan fingerprint density at radius 1 is 1.17 bits per heavy atom. The smallest absolute Gasteiger partial charge is 0.303 e. The lowest BCUT2D eigenvalue weighted by atomic mass is 10.2. The van der Waals surface area contributed by atoms with Crippen molar-refractivity contribution in [1.82, 2.24) is 9.80 Å². The van der Waals surface area contributed by atoms with Gasteiger partial charge in [0, 0.05) is 39.7 Å². The van der Waals surface area contributed by atoms with Crippen LogP contribution in [0.2, 0.25) is 0 Å². The van der Waals surface area contributed by atoms with E-state index in [1.807, 2.05) is 0 Å². The Kier molecular flexibility index (Phi) is 6.67. The highest BCUT2D eigenvalue weighted by Gasteiger charge is 2.19. The predicted octanol–water partition coefficient (Wildman–Crippen LogP) is 0.0319. The zero-order valence-electron chi connectivity index (χ0n) is 10.9. The van der Waals surface area contributed by atoms with Crippen molar-refractivity contribution in [3.63, 3.8) is 0 Å². The highest BCUT2D eigenvalue weighted by Crippen LogP contribution is 2.06. The normalized spacial score (nSPS) is 17.5. The highest BCUT2D eigenvalue weighted by molar-refractivity contribution is 5.80. The second-order valence-corrected chi connectivity index (χ2v) is 4.46. The topological polar surface area (TPSA) is 70.1 Å². The van der Waals surface area contributed by atoms with Gasteiger partial charge in [-0.05, 0) is 13.0 Å². The fourth-order valence-electron chi connectivity index (χ4n) is 2.04. The molecule has 0 saturated carbocycles. The van der Waals surface area contributed by atoms with Gasteiger partial charge in [0.05, 0.1) is 13.0 Å². The van der Waals surface area contributed by atoms with E-state index in [4.69, 9.17) is 9.84 Å². The third kappa shape index (κ3) is 5.46. The van der Waals surface area contributed by atoms with E-state index in [0.717, 1.165) is 32.6 Å². The Balaban J connectivity index is 2.31. The minimum Gasteiger partial charge on any atom is -0.481 e. The summed E-state index contributed by atoms with van der Waals surface area (Å²) in [5, 5.41) is 8.56. The van der Waals surface area contributed by atoms with Crippen LogP contribution in [0, 0.1) is 0 Å². The van der Waals surface area contributed by atoms with Gasteiger partial charge in [0.15, 0.2) is 0 Å². The number of carbonyl (C=O) groups is 2. The number of methoxy groups -OCH3 is 1. The summed E-state index contributed by atoms with van der Waals surface area (Å²) < 4.78 is 5.04. The Labute approximate surface area is 107 Å². The van der Waals surface area contributed by atoms with Crippen LogP contribution in [0.15, 0.2) is 0 Å². The van der Waals surface area contributed by atoms with E-state index in [1.54, 1.807) is 12.0 Å². The van der Waals surface area contributed by atoms with Crippen molar-refractivity contribution in [3.8, 4) is 0 Å². The molecule has 0 bridgehead atoms. The molecule has 1 aliphatic rings. The van der Waals surface area contributed by atoms with Crippen LogP contribution in [0.4, 0.5) is 0 Å². The molecule has 0 spiro atoms. The summed E-state index contributed by atoms with van der Waals surface area (Å²) in [6, 6.07) is 0. The lowest BCUT2D eigenvalue weighted by Gasteiger charge is -2.21. The van der Waals surface area contributed by atoms with Gasteiger partial charge in [0.2, 0.25) is 5.91 Å².